The van der Waals surface area contributed by atoms with Crippen LogP contribution in [0.2, 0.25) is 0 Å². The molecule has 2 aliphatic rings. The molecule has 82 valence electrons. The van der Waals surface area contributed by atoms with Gasteiger partial charge in [-0.1, -0.05) is 0 Å². The van der Waals surface area contributed by atoms with Crippen molar-refractivity contribution in [2.24, 2.45) is 0 Å². The first kappa shape index (κ1) is 10.4. The molecule has 0 saturated carbocycles. The molecule has 2 rings (SSSR count). The fraction of sp³-hybridized carbons (Fsp3) is 1.00. The van der Waals surface area contributed by atoms with Gasteiger partial charge in [-0.3, -0.25) is 9.80 Å². The molecule has 0 aliphatic carbocycles. The van der Waals surface area contributed by atoms with E-state index in [0.717, 1.165) is 19.7 Å². The molecule has 1 unspecified atom stereocenters. The fourth-order valence-electron chi connectivity index (χ4n) is 2.58. The van der Waals surface area contributed by atoms with Crippen LogP contribution < -0.4 is 0 Å². The SMILES string of the molecule is CC(C)N1CCC2[C@@H](C1)OCCN2C. The maximum atomic E-state index is 5.85. The van der Waals surface area contributed by atoms with E-state index in [1.807, 2.05) is 0 Å². The van der Waals surface area contributed by atoms with Crippen LogP contribution >= 0.6 is 0 Å². The van der Waals surface area contributed by atoms with Crippen LogP contribution in [0.1, 0.15) is 20.3 Å². The van der Waals surface area contributed by atoms with E-state index in [0.29, 0.717) is 18.2 Å². The third-order valence-electron chi connectivity index (χ3n) is 3.63. The summed E-state index contributed by atoms with van der Waals surface area (Å²) in [6, 6.07) is 1.32. The maximum absolute atomic E-state index is 5.85. The highest BCUT2D eigenvalue weighted by Crippen LogP contribution is 2.22. The van der Waals surface area contributed by atoms with Gasteiger partial charge in [-0.05, 0) is 27.3 Å². The lowest BCUT2D eigenvalue weighted by atomic mass is 9.98. The van der Waals surface area contributed by atoms with Crippen LogP contribution in [0.15, 0.2) is 0 Å². The quantitative estimate of drug-likeness (QED) is 0.620. The molecule has 3 nitrogen and oxygen atoms in total. The molecule has 0 aromatic carbocycles. The van der Waals surface area contributed by atoms with Crippen LogP contribution in [0, 0.1) is 0 Å². The first-order valence-electron chi connectivity index (χ1n) is 5.74. The zero-order valence-corrected chi connectivity index (χ0v) is 9.57. The third kappa shape index (κ3) is 1.95. The van der Waals surface area contributed by atoms with E-state index in [1.54, 1.807) is 0 Å². The lowest BCUT2D eigenvalue weighted by molar-refractivity contribution is -0.100. The molecule has 0 aromatic rings. The Labute approximate surface area is 87.0 Å². The minimum absolute atomic E-state index is 0.449. The first-order chi connectivity index (χ1) is 6.68. The number of rotatable bonds is 1. The summed E-state index contributed by atoms with van der Waals surface area (Å²) in [6.45, 7) is 8.89. The number of likely N-dealkylation sites (N-methyl/N-ethyl adjacent to an activating group) is 1. The molecular formula is C11H22N2O. The van der Waals surface area contributed by atoms with Gasteiger partial charge in [0.05, 0.1) is 12.7 Å². The van der Waals surface area contributed by atoms with E-state index in [4.69, 9.17) is 4.74 Å². The van der Waals surface area contributed by atoms with Crippen LogP contribution in [-0.4, -0.2) is 61.3 Å². The monoisotopic (exact) mass is 198 g/mol. The summed E-state index contributed by atoms with van der Waals surface area (Å²) in [5.74, 6) is 0. The number of fused-ring (bicyclic) bond motifs is 1. The molecule has 0 bridgehead atoms. The number of piperidine rings is 1. The summed E-state index contributed by atoms with van der Waals surface area (Å²) in [5, 5.41) is 0. The number of nitrogens with zero attached hydrogens (tertiary/aromatic N) is 2. The standard InChI is InChI=1S/C11H22N2O/c1-9(2)13-5-4-10-11(8-13)14-7-6-12(10)3/h9-11H,4-8H2,1-3H3/t10?,11-/m1/s1. The molecule has 2 fully saturated rings. The number of hydrogen-bond acceptors (Lipinski definition) is 3. The first-order valence-corrected chi connectivity index (χ1v) is 5.74. The summed E-state index contributed by atoms with van der Waals surface area (Å²) in [7, 11) is 2.23. The van der Waals surface area contributed by atoms with Gasteiger partial charge in [0.1, 0.15) is 0 Å². The van der Waals surface area contributed by atoms with E-state index >= 15 is 0 Å². The Morgan fingerprint density at radius 1 is 1.29 bits per heavy atom. The van der Waals surface area contributed by atoms with Crippen LogP contribution in [0.4, 0.5) is 0 Å². The zero-order valence-electron chi connectivity index (χ0n) is 9.57. The molecule has 3 heteroatoms. The highest BCUT2D eigenvalue weighted by Gasteiger charge is 2.35. The maximum Gasteiger partial charge on any atom is 0.0857 e. The minimum Gasteiger partial charge on any atom is -0.374 e. The molecule has 2 aliphatic heterocycles. The Kier molecular flexibility index (Phi) is 3.10. The molecule has 2 atom stereocenters. The molecule has 0 aromatic heterocycles. The molecule has 0 amide bonds. The summed E-state index contributed by atoms with van der Waals surface area (Å²) >= 11 is 0. The largest absolute Gasteiger partial charge is 0.374 e. The minimum atomic E-state index is 0.449. The highest BCUT2D eigenvalue weighted by molar-refractivity contribution is 4.90. The molecule has 2 heterocycles. The van der Waals surface area contributed by atoms with Crippen LogP contribution in [0.5, 0.6) is 0 Å². The van der Waals surface area contributed by atoms with E-state index in [2.05, 4.69) is 30.7 Å². The lowest BCUT2D eigenvalue weighted by Gasteiger charge is -2.46. The molecule has 0 N–H and O–H groups in total. The third-order valence-corrected chi connectivity index (χ3v) is 3.63. The fourth-order valence-corrected chi connectivity index (χ4v) is 2.58. The summed E-state index contributed by atoms with van der Waals surface area (Å²) in [4.78, 5) is 4.99. The second-order valence-electron chi connectivity index (χ2n) is 4.83. The number of ether oxygens (including phenoxy) is 1. The van der Waals surface area contributed by atoms with Crippen molar-refractivity contribution in [3.8, 4) is 0 Å². The Bertz CT molecular complexity index is 196. The van der Waals surface area contributed by atoms with Gasteiger partial charge in [-0.25, -0.2) is 0 Å². The number of hydrogen-bond donors (Lipinski definition) is 0. The van der Waals surface area contributed by atoms with Crippen molar-refractivity contribution < 1.29 is 4.74 Å². The van der Waals surface area contributed by atoms with E-state index in [9.17, 15) is 0 Å². The van der Waals surface area contributed by atoms with E-state index in [1.165, 1.54) is 13.0 Å². The van der Waals surface area contributed by atoms with Crippen molar-refractivity contribution in [3.05, 3.63) is 0 Å². The summed E-state index contributed by atoms with van der Waals surface area (Å²) < 4.78 is 5.85. The smallest absolute Gasteiger partial charge is 0.0857 e. The van der Waals surface area contributed by atoms with Crippen molar-refractivity contribution in [1.82, 2.24) is 9.80 Å². The molecule has 2 saturated heterocycles. The van der Waals surface area contributed by atoms with Crippen LogP contribution in [0.25, 0.3) is 0 Å². The van der Waals surface area contributed by atoms with Gasteiger partial charge >= 0.3 is 0 Å². The average Bonchev–Trinajstić information content (AvgIpc) is 2.17. The Morgan fingerprint density at radius 2 is 2.07 bits per heavy atom. The van der Waals surface area contributed by atoms with Crippen molar-refractivity contribution in [3.63, 3.8) is 0 Å². The predicted octanol–water partition coefficient (Wildman–Crippen LogP) is 0.800. The van der Waals surface area contributed by atoms with Crippen LogP contribution in [0.3, 0.4) is 0 Å². The second kappa shape index (κ2) is 4.17. The van der Waals surface area contributed by atoms with Gasteiger partial charge in [-0.2, -0.15) is 0 Å². The van der Waals surface area contributed by atoms with Crippen molar-refractivity contribution in [1.29, 1.82) is 0 Å². The van der Waals surface area contributed by atoms with Gasteiger partial charge < -0.3 is 4.74 Å². The predicted molar refractivity (Wildman–Crippen MR) is 57.5 cm³/mol. The van der Waals surface area contributed by atoms with Gasteiger partial charge in [0.15, 0.2) is 0 Å². The average molecular weight is 198 g/mol. The van der Waals surface area contributed by atoms with Crippen molar-refractivity contribution in [2.45, 2.75) is 38.5 Å². The normalized spacial score (nSPS) is 36.0. The summed E-state index contributed by atoms with van der Waals surface area (Å²) in [5.41, 5.74) is 0. The van der Waals surface area contributed by atoms with Crippen molar-refractivity contribution in [2.75, 3.05) is 33.3 Å². The molecule has 0 radical (unpaired) electrons. The molecule has 0 spiro atoms. The number of likely N-dealkylation sites (tertiary alicyclic amines) is 1. The topological polar surface area (TPSA) is 15.7 Å². The van der Waals surface area contributed by atoms with E-state index in [-0.39, 0.29) is 0 Å². The van der Waals surface area contributed by atoms with Gasteiger partial charge in [-0.15, -0.1) is 0 Å². The summed E-state index contributed by atoms with van der Waals surface area (Å²) in [6.07, 6.45) is 1.71. The number of morpholine rings is 1. The molecular weight excluding hydrogens is 176 g/mol. The molecule has 14 heavy (non-hydrogen) atoms. The van der Waals surface area contributed by atoms with Gasteiger partial charge in [0, 0.05) is 31.7 Å². The van der Waals surface area contributed by atoms with E-state index < -0.39 is 0 Å². The zero-order chi connectivity index (χ0) is 10.1. The van der Waals surface area contributed by atoms with Gasteiger partial charge in [0.2, 0.25) is 0 Å². The Hall–Kier alpha value is -0.120. The van der Waals surface area contributed by atoms with Crippen LogP contribution in [-0.2, 0) is 4.74 Å². The lowest BCUT2D eigenvalue weighted by Crippen LogP contribution is -2.59. The highest BCUT2D eigenvalue weighted by atomic mass is 16.5. The van der Waals surface area contributed by atoms with Crippen molar-refractivity contribution >= 4 is 0 Å². The van der Waals surface area contributed by atoms with Gasteiger partial charge in [0.25, 0.3) is 0 Å². The Balaban J connectivity index is 1.96. The Morgan fingerprint density at radius 3 is 2.79 bits per heavy atom. The second-order valence-corrected chi connectivity index (χ2v) is 4.83.